The molecule has 0 aromatic heterocycles. The Morgan fingerprint density at radius 3 is 2.58 bits per heavy atom. The van der Waals surface area contributed by atoms with Gasteiger partial charge in [-0.25, -0.2) is 0 Å². The van der Waals surface area contributed by atoms with Crippen molar-refractivity contribution in [3.63, 3.8) is 0 Å². The molecule has 0 spiro atoms. The number of fused-ring (bicyclic) bond motifs is 2. The van der Waals surface area contributed by atoms with Crippen molar-refractivity contribution < 1.29 is 9.59 Å². The quantitative estimate of drug-likeness (QED) is 0.757. The number of hydrogen-bond acceptors (Lipinski definition) is 3. The number of carbonyl (C=O) groups is 2. The fourth-order valence-electron chi connectivity index (χ4n) is 4.96. The molecule has 3 atom stereocenters. The van der Waals surface area contributed by atoms with E-state index in [2.05, 4.69) is 10.6 Å². The first kappa shape index (κ1) is 19.2. The van der Waals surface area contributed by atoms with E-state index in [1.165, 1.54) is 19.3 Å². The van der Waals surface area contributed by atoms with E-state index in [0.717, 1.165) is 24.1 Å². The number of rotatable bonds is 3. The van der Waals surface area contributed by atoms with E-state index in [9.17, 15) is 9.59 Å². The maximum atomic E-state index is 12.8. The molecule has 26 heavy (non-hydrogen) atoms. The van der Waals surface area contributed by atoms with Gasteiger partial charge in [-0.15, -0.1) is 12.4 Å². The highest BCUT2D eigenvalue weighted by atomic mass is 35.5. The van der Waals surface area contributed by atoms with E-state index in [4.69, 9.17) is 5.73 Å². The molecule has 6 heteroatoms. The van der Waals surface area contributed by atoms with Crippen LogP contribution in [0.3, 0.4) is 0 Å². The fourth-order valence-corrected chi connectivity index (χ4v) is 4.96. The molecule has 5 nitrogen and oxygen atoms in total. The molecule has 0 radical (unpaired) electrons. The molecular weight excluding hydrogens is 350 g/mol. The van der Waals surface area contributed by atoms with Crippen LogP contribution in [-0.2, 0) is 9.59 Å². The lowest BCUT2D eigenvalue weighted by Crippen LogP contribution is -2.48. The highest BCUT2D eigenvalue weighted by Gasteiger charge is 2.40. The second kappa shape index (κ2) is 7.97. The number of anilines is 1. The number of benzene rings is 1. The van der Waals surface area contributed by atoms with Crippen LogP contribution in [0, 0.1) is 17.8 Å². The van der Waals surface area contributed by atoms with E-state index in [0.29, 0.717) is 24.8 Å². The average Bonchev–Trinajstić information content (AvgIpc) is 3.01. The third-order valence-corrected chi connectivity index (χ3v) is 6.39. The maximum Gasteiger partial charge on any atom is 0.227 e. The molecule has 2 bridgehead atoms. The summed E-state index contributed by atoms with van der Waals surface area (Å²) in [6.07, 6.45) is 5.96. The average molecular weight is 378 g/mol. The smallest absolute Gasteiger partial charge is 0.227 e. The van der Waals surface area contributed by atoms with Crippen molar-refractivity contribution in [3.05, 3.63) is 29.8 Å². The van der Waals surface area contributed by atoms with Gasteiger partial charge in [-0.1, -0.05) is 18.6 Å². The van der Waals surface area contributed by atoms with Gasteiger partial charge in [0, 0.05) is 36.5 Å². The minimum Gasteiger partial charge on any atom is -0.355 e. The van der Waals surface area contributed by atoms with Crippen LogP contribution in [0.2, 0.25) is 0 Å². The van der Waals surface area contributed by atoms with E-state index in [-0.39, 0.29) is 42.1 Å². The maximum absolute atomic E-state index is 12.8. The lowest BCUT2D eigenvalue weighted by molar-refractivity contribution is -0.122. The third kappa shape index (κ3) is 3.89. The van der Waals surface area contributed by atoms with Crippen molar-refractivity contribution in [2.24, 2.45) is 23.5 Å². The van der Waals surface area contributed by atoms with Gasteiger partial charge in [-0.2, -0.15) is 0 Å². The van der Waals surface area contributed by atoms with Gasteiger partial charge >= 0.3 is 0 Å². The SMILES string of the molecule is Cl.NC1C2CCCC1CC(C(=O)Nc1cccc(C3CNC(=O)C3)c1)C2. The van der Waals surface area contributed by atoms with Crippen LogP contribution in [0.5, 0.6) is 0 Å². The molecule has 1 aromatic rings. The standard InChI is InChI=1S/C20H27N3O2.ClH/c21-19-13-4-1-5-14(19)8-15(7-13)20(25)23-17-6-2-3-12(9-17)16-10-18(24)22-11-16;/h2-3,6,9,13-16,19H,1,4-5,7-8,10-11,21H2,(H,22,24)(H,23,25);1H. The highest BCUT2D eigenvalue weighted by Crippen LogP contribution is 2.42. The minimum absolute atomic E-state index is 0. The zero-order valence-electron chi connectivity index (χ0n) is 14.9. The van der Waals surface area contributed by atoms with Crippen molar-refractivity contribution >= 4 is 29.9 Å². The van der Waals surface area contributed by atoms with Gasteiger partial charge in [-0.05, 0) is 55.2 Å². The largest absolute Gasteiger partial charge is 0.355 e. The third-order valence-electron chi connectivity index (χ3n) is 6.39. The summed E-state index contributed by atoms with van der Waals surface area (Å²) in [5, 5.41) is 5.97. The Kier molecular flexibility index (Phi) is 5.88. The second-order valence-electron chi connectivity index (χ2n) is 8.02. The number of amides is 2. The zero-order valence-corrected chi connectivity index (χ0v) is 15.8. The van der Waals surface area contributed by atoms with Crippen LogP contribution in [0.1, 0.15) is 50.0 Å². The molecule has 2 saturated carbocycles. The summed E-state index contributed by atoms with van der Waals surface area (Å²) < 4.78 is 0. The lowest BCUT2D eigenvalue weighted by atomic mass is 9.65. The Morgan fingerprint density at radius 2 is 1.92 bits per heavy atom. The monoisotopic (exact) mass is 377 g/mol. The molecule has 1 heterocycles. The van der Waals surface area contributed by atoms with Crippen molar-refractivity contribution in [2.75, 3.05) is 11.9 Å². The Morgan fingerprint density at radius 1 is 1.19 bits per heavy atom. The molecule has 2 amide bonds. The van der Waals surface area contributed by atoms with E-state index < -0.39 is 0 Å². The summed E-state index contributed by atoms with van der Waals surface area (Å²) in [4.78, 5) is 24.2. The Bertz CT molecular complexity index is 667. The number of carbonyl (C=O) groups excluding carboxylic acids is 2. The molecule has 3 unspecified atom stereocenters. The predicted molar refractivity (Wildman–Crippen MR) is 104 cm³/mol. The number of halogens is 1. The van der Waals surface area contributed by atoms with Crippen molar-refractivity contribution in [3.8, 4) is 0 Å². The van der Waals surface area contributed by atoms with Crippen LogP contribution >= 0.6 is 12.4 Å². The Labute approximate surface area is 160 Å². The summed E-state index contributed by atoms with van der Waals surface area (Å²) in [6, 6.07) is 8.22. The van der Waals surface area contributed by atoms with Gasteiger partial charge in [0.1, 0.15) is 0 Å². The van der Waals surface area contributed by atoms with Gasteiger partial charge in [0.25, 0.3) is 0 Å². The van der Waals surface area contributed by atoms with Gasteiger partial charge < -0.3 is 16.4 Å². The molecule has 3 fully saturated rings. The molecule has 1 aromatic carbocycles. The predicted octanol–water partition coefficient (Wildman–Crippen LogP) is 2.80. The first-order valence-corrected chi connectivity index (χ1v) is 9.53. The van der Waals surface area contributed by atoms with Gasteiger partial charge in [0.05, 0.1) is 0 Å². The summed E-state index contributed by atoms with van der Waals surface area (Å²) in [5.41, 5.74) is 8.28. The van der Waals surface area contributed by atoms with Gasteiger partial charge in [0.2, 0.25) is 11.8 Å². The van der Waals surface area contributed by atoms with Gasteiger partial charge in [-0.3, -0.25) is 9.59 Å². The normalized spacial score (nSPS) is 33.1. The van der Waals surface area contributed by atoms with E-state index >= 15 is 0 Å². The van der Waals surface area contributed by atoms with E-state index in [1.54, 1.807) is 0 Å². The summed E-state index contributed by atoms with van der Waals surface area (Å²) in [6.45, 7) is 0.681. The molecule has 142 valence electrons. The summed E-state index contributed by atoms with van der Waals surface area (Å²) in [5.74, 6) is 1.52. The van der Waals surface area contributed by atoms with E-state index in [1.807, 2.05) is 24.3 Å². The number of nitrogens with one attached hydrogen (secondary N) is 2. The molecule has 4 rings (SSSR count). The molecular formula is C20H28ClN3O2. The molecule has 4 N–H and O–H groups in total. The fraction of sp³-hybridized carbons (Fsp3) is 0.600. The first-order valence-electron chi connectivity index (χ1n) is 9.53. The topological polar surface area (TPSA) is 84.2 Å². The van der Waals surface area contributed by atoms with Crippen LogP contribution < -0.4 is 16.4 Å². The first-order chi connectivity index (χ1) is 12.1. The van der Waals surface area contributed by atoms with Crippen molar-refractivity contribution in [2.45, 2.75) is 50.5 Å². The van der Waals surface area contributed by atoms with Gasteiger partial charge in [0.15, 0.2) is 0 Å². The molecule has 1 saturated heterocycles. The minimum atomic E-state index is 0. The van der Waals surface area contributed by atoms with Crippen LogP contribution in [-0.4, -0.2) is 24.4 Å². The second-order valence-corrected chi connectivity index (χ2v) is 8.02. The summed E-state index contributed by atoms with van der Waals surface area (Å²) >= 11 is 0. The number of nitrogens with two attached hydrogens (primary N) is 1. The van der Waals surface area contributed by atoms with Crippen LogP contribution in [0.15, 0.2) is 24.3 Å². The van der Waals surface area contributed by atoms with Crippen molar-refractivity contribution in [1.29, 1.82) is 0 Å². The molecule has 1 aliphatic heterocycles. The van der Waals surface area contributed by atoms with Crippen LogP contribution in [0.4, 0.5) is 5.69 Å². The van der Waals surface area contributed by atoms with Crippen LogP contribution in [0.25, 0.3) is 0 Å². The molecule has 2 aliphatic carbocycles. The highest BCUT2D eigenvalue weighted by molar-refractivity contribution is 5.92. The van der Waals surface area contributed by atoms with Crippen molar-refractivity contribution in [1.82, 2.24) is 5.32 Å². The Hall–Kier alpha value is -1.59. The lowest BCUT2D eigenvalue weighted by Gasteiger charge is -2.43. The summed E-state index contributed by atoms with van der Waals surface area (Å²) in [7, 11) is 0. The molecule has 3 aliphatic rings. The zero-order chi connectivity index (χ0) is 17.4. The Balaban J connectivity index is 0.00000196. The number of hydrogen-bond donors (Lipinski definition) is 3.